The number of hydrogen-bond acceptors (Lipinski definition) is 5. The number of aromatic nitrogens is 3. The molecule has 1 aromatic heterocycles. The first-order valence-electron chi connectivity index (χ1n) is 11.2. The smallest absolute Gasteiger partial charge is 0.191 e. The molecule has 0 amide bonds. The number of aryl methyl sites for hydroxylation is 1. The summed E-state index contributed by atoms with van der Waals surface area (Å²) in [6.07, 6.45) is 6.23. The first kappa shape index (κ1) is 25.3. The van der Waals surface area contributed by atoms with Crippen molar-refractivity contribution in [2.45, 2.75) is 71.5 Å². The number of aliphatic imine (C=N–C) groups is 1. The van der Waals surface area contributed by atoms with Gasteiger partial charge in [-0.05, 0) is 32.1 Å². The van der Waals surface area contributed by atoms with Gasteiger partial charge in [-0.1, -0.05) is 26.7 Å². The predicted octanol–water partition coefficient (Wildman–Crippen LogP) is 2.47. The second kappa shape index (κ2) is 12.8. The van der Waals surface area contributed by atoms with E-state index in [0.29, 0.717) is 24.5 Å². The summed E-state index contributed by atoms with van der Waals surface area (Å²) in [5, 5.41) is 15.7. The molecule has 2 heterocycles. The van der Waals surface area contributed by atoms with E-state index in [1.54, 1.807) is 0 Å². The second-order valence-electron chi connectivity index (χ2n) is 8.83. The summed E-state index contributed by atoms with van der Waals surface area (Å²) in [6.45, 7) is 11.7. The first-order valence-corrected chi connectivity index (χ1v) is 11.2. The third-order valence-electron chi connectivity index (χ3n) is 6.07. The van der Waals surface area contributed by atoms with Crippen LogP contribution in [0.2, 0.25) is 0 Å². The third kappa shape index (κ3) is 7.64. The summed E-state index contributed by atoms with van der Waals surface area (Å²) in [5.74, 6) is 3.37. The lowest BCUT2D eigenvalue weighted by Crippen LogP contribution is -2.52. The third-order valence-corrected chi connectivity index (χ3v) is 6.07. The van der Waals surface area contributed by atoms with Crippen molar-refractivity contribution < 1.29 is 4.74 Å². The van der Waals surface area contributed by atoms with Gasteiger partial charge in [0.05, 0.1) is 13.2 Å². The monoisotopic (exact) mass is 533 g/mol. The first-order chi connectivity index (χ1) is 14.0. The Hall–Kier alpha value is -0.940. The van der Waals surface area contributed by atoms with Gasteiger partial charge in [-0.2, -0.15) is 0 Å². The van der Waals surface area contributed by atoms with Crippen molar-refractivity contribution in [3.63, 3.8) is 0 Å². The van der Waals surface area contributed by atoms with Crippen LogP contribution in [0.3, 0.4) is 0 Å². The standard InChI is InChI=1S/C21H39N7O.HI/c1-16(2)13-19(28-9-11-29-12-10-28)14-22-21(24-18-7-5-6-8-18)23-15-20-26-25-17(3)27(20)4;/h16,18-19H,5-15H2,1-4H3,(H2,22,23,24);1H. The number of nitrogens with one attached hydrogen (secondary N) is 2. The Balaban J connectivity index is 0.00000320. The van der Waals surface area contributed by atoms with Gasteiger partial charge in [0.1, 0.15) is 12.4 Å². The number of ether oxygens (including phenoxy) is 1. The molecule has 0 spiro atoms. The van der Waals surface area contributed by atoms with Gasteiger partial charge >= 0.3 is 0 Å². The van der Waals surface area contributed by atoms with Crippen molar-refractivity contribution >= 4 is 29.9 Å². The zero-order chi connectivity index (χ0) is 20.6. The highest BCUT2D eigenvalue weighted by Gasteiger charge is 2.23. The van der Waals surface area contributed by atoms with Crippen LogP contribution in [0.1, 0.15) is 57.6 Å². The molecule has 2 N–H and O–H groups in total. The maximum absolute atomic E-state index is 5.56. The maximum atomic E-state index is 5.56. The lowest BCUT2D eigenvalue weighted by atomic mass is 10.0. The summed E-state index contributed by atoms with van der Waals surface area (Å²) in [7, 11) is 1.99. The molecular weight excluding hydrogens is 493 g/mol. The molecule has 1 aliphatic carbocycles. The molecule has 0 aromatic carbocycles. The molecule has 3 rings (SSSR count). The van der Waals surface area contributed by atoms with Crippen molar-refractivity contribution in [2.75, 3.05) is 32.8 Å². The van der Waals surface area contributed by atoms with Crippen LogP contribution < -0.4 is 10.6 Å². The minimum Gasteiger partial charge on any atom is -0.379 e. The minimum atomic E-state index is 0. The van der Waals surface area contributed by atoms with E-state index in [0.717, 1.165) is 50.5 Å². The van der Waals surface area contributed by atoms with Gasteiger partial charge in [0.2, 0.25) is 0 Å². The highest BCUT2D eigenvalue weighted by atomic mass is 127. The number of rotatable bonds is 8. The minimum absolute atomic E-state index is 0. The van der Waals surface area contributed by atoms with Crippen molar-refractivity contribution in [1.82, 2.24) is 30.3 Å². The molecule has 1 saturated carbocycles. The number of guanidine groups is 1. The SMILES string of the molecule is Cc1nnc(CN=C(NCC(CC(C)C)N2CCOCC2)NC2CCCC2)n1C.I. The summed E-state index contributed by atoms with van der Waals surface area (Å²) in [5.41, 5.74) is 0. The Morgan fingerprint density at radius 3 is 2.50 bits per heavy atom. The fourth-order valence-corrected chi connectivity index (χ4v) is 4.22. The topological polar surface area (TPSA) is 79.6 Å². The van der Waals surface area contributed by atoms with Crippen molar-refractivity contribution in [3.8, 4) is 0 Å². The lowest BCUT2D eigenvalue weighted by Gasteiger charge is -2.36. The van der Waals surface area contributed by atoms with Gasteiger partial charge in [-0.25, -0.2) is 4.99 Å². The summed E-state index contributed by atoms with van der Waals surface area (Å²) in [4.78, 5) is 7.42. The van der Waals surface area contributed by atoms with Crippen LogP contribution in [-0.2, 0) is 18.3 Å². The predicted molar refractivity (Wildman–Crippen MR) is 131 cm³/mol. The van der Waals surface area contributed by atoms with Crippen LogP contribution in [-0.4, -0.2) is 70.6 Å². The number of nitrogens with zero attached hydrogens (tertiary/aromatic N) is 5. The van der Waals surface area contributed by atoms with E-state index >= 15 is 0 Å². The summed E-state index contributed by atoms with van der Waals surface area (Å²) in [6, 6.07) is 1.01. The largest absolute Gasteiger partial charge is 0.379 e. The van der Waals surface area contributed by atoms with E-state index in [1.165, 1.54) is 32.1 Å². The van der Waals surface area contributed by atoms with Crippen molar-refractivity contribution in [1.29, 1.82) is 0 Å². The molecule has 30 heavy (non-hydrogen) atoms. The molecular formula is C21H40IN7O. The van der Waals surface area contributed by atoms with Crippen molar-refractivity contribution in [3.05, 3.63) is 11.6 Å². The average molecular weight is 534 g/mol. The molecule has 1 atom stereocenters. The Morgan fingerprint density at radius 2 is 1.90 bits per heavy atom. The Bertz CT molecular complexity index is 652. The Morgan fingerprint density at radius 1 is 1.20 bits per heavy atom. The van der Waals surface area contributed by atoms with E-state index in [9.17, 15) is 0 Å². The van der Waals surface area contributed by atoms with E-state index < -0.39 is 0 Å². The van der Waals surface area contributed by atoms with E-state index in [4.69, 9.17) is 9.73 Å². The molecule has 172 valence electrons. The molecule has 8 nitrogen and oxygen atoms in total. The number of morpholine rings is 1. The van der Waals surface area contributed by atoms with Gasteiger partial charge in [-0.3, -0.25) is 4.90 Å². The van der Waals surface area contributed by atoms with Crippen LogP contribution in [0.15, 0.2) is 4.99 Å². The molecule has 1 saturated heterocycles. The normalized spacial score (nSPS) is 19.7. The Kier molecular flexibility index (Phi) is 10.8. The van der Waals surface area contributed by atoms with E-state index in [1.807, 2.05) is 18.5 Å². The van der Waals surface area contributed by atoms with Gasteiger partial charge in [0, 0.05) is 38.8 Å². The molecule has 1 unspecified atom stereocenters. The quantitative estimate of drug-likeness (QED) is 0.304. The molecule has 2 aliphatic rings. The van der Waals surface area contributed by atoms with Crippen LogP contribution in [0.4, 0.5) is 0 Å². The van der Waals surface area contributed by atoms with Gasteiger partial charge < -0.3 is 19.9 Å². The number of halogens is 1. The zero-order valence-electron chi connectivity index (χ0n) is 19.1. The highest BCUT2D eigenvalue weighted by Crippen LogP contribution is 2.18. The van der Waals surface area contributed by atoms with Gasteiger partial charge in [0.15, 0.2) is 11.8 Å². The van der Waals surface area contributed by atoms with E-state index in [-0.39, 0.29) is 24.0 Å². The van der Waals surface area contributed by atoms with Crippen LogP contribution in [0.5, 0.6) is 0 Å². The second-order valence-corrected chi connectivity index (χ2v) is 8.83. The molecule has 9 heteroatoms. The molecule has 1 aromatic rings. The summed E-state index contributed by atoms with van der Waals surface area (Å²) >= 11 is 0. The molecule has 0 radical (unpaired) electrons. The van der Waals surface area contributed by atoms with Crippen molar-refractivity contribution in [2.24, 2.45) is 18.0 Å². The fourth-order valence-electron chi connectivity index (χ4n) is 4.22. The molecule has 0 bridgehead atoms. The average Bonchev–Trinajstić information content (AvgIpc) is 3.34. The fraction of sp³-hybridized carbons (Fsp3) is 0.857. The lowest BCUT2D eigenvalue weighted by molar-refractivity contribution is 0.0132. The molecule has 2 fully saturated rings. The van der Waals surface area contributed by atoms with E-state index in [2.05, 4.69) is 39.6 Å². The van der Waals surface area contributed by atoms with Gasteiger partial charge in [0.25, 0.3) is 0 Å². The maximum Gasteiger partial charge on any atom is 0.191 e. The Labute approximate surface area is 198 Å². The van der Waals surface area contributed by atoms with Crippen LogP contribution >= 0.6 is 24.0 Å². The zero-order valence-corrected chi connectivity index (χ0v) is 21.4. The highest BCUT2D eigenvalue weighted by molar-refractivity contribution is 14.0. The number of hydrogen-bond donors (Lipinski definition) is 2. The summed E-state index contributed by atoms with van der Waals surface area (Å²) < 4.78 is 7.56. The van der Waals surface area contributed by atoms with Crippen LogP contribution in [0.25, 0.3) is 0 Å². The molecule has 1 aliphatic heterocycles. The van der Waals surface area contributed by atoms with Crippen LogP contribution in [0, 0.1) is 12.8 Å². The van der Waals surface area contributed by atoms with Gasteiger partial charge in [-0.15, -0.1) is 34.2 Å².